The standard InChI is InChI=1S/2C8H11.2CH3.2ClH.H2Si.Ti/c2*1-3-8-5-4-7(2)6-8;;;;;;/h2*4-5,7H,3H2,1-2H3;2*1H3;2*1H;1H2;. The van der Waals surface area contributed by atoms with Crippen molar-refractivity contribution in [2.75, 3.05) is 0 Å². The second kappa shape index (κ2) is 7.57. The summed E-state index contributed by atoms with van der Waals surface area (Å²) in [6, 6.07) is 0. The van der Waals surface area contributed by atoms with Crippen LogP contribution in [0.4, 0.5) is 0 Å². The Hall–Kier alpha value is 0.471. The van der Waals surface area contributed by atoms with Crippen molar-refractivity contribution in [3.8, 4) is 0 Å². The van der Waals surface area contributed by atoms with Crippen molar-refractivity contribution in [3.05, 3.63) is 43.2 Å². The van der Waals surface area contributed by atoms with E-state index in [2.05, 4.69) is 70.1 Å². The van der Waals surface area contributed by atoms with Crippen LogP contribution in [0.3, 0.4) is 0 Å². The van der Waals surface area contributed by atoms with Crippen LogP contribution in [0.1, 0.15) is 40.5 Å². The second-order valence-electron chi connectivity index (χ2n) is 7.57. The van der Waals surface area contributed by atoms with E-state index in [1.807, 2.05) is 7.76 Å². The van der Waals surface area contributed by atoms with Crippen LogP contribution in [-0.2, 0) is 14.0 Å². The maximum Gasteiger partial charge on any atom is -0.147 e. The molecule has 0 aromatic carbocycles. The molecule has 0 aromatic rings. The Bertz CT molecular complexity index is 569. The third kappa shape index (κ3) is 3.59. The van der Waals surface area contributed by atoms with Gasteiger partial charge in [0.05, 0.1) is 0 Å². The first-order valence-electron chi connectivity index (χ1n) is 8.12. The van der Waals surface area contributed by atoms with Gasteiger partial charge < -0.3 is 0 Å². The van der Waals surface area contributed by atoms with Crippen LogP contribution < -0.4 is 0 Å². The van der Waals surface area contributed by atoms with E-state index in [0.29, 0.717) is 11.8 Å². The summed E-state index contributed by atoms with van der Waals surface area (Å²) < 4.78 is 3.67. The number of halogens is 2. The normalized spacial score (nSPS) is 24.7. The van der Waals surface area contributed by atoms with E-state index < -0.39 is 14.0 Å². The molecule has 0 nitrogen and oxygen atoms in total. The molecule has 4 heteroatoms. The molecule has 0 spiro atoms. The van der Waals surface area contributed by atoms with Gasteiger partial charge in [0.2, 0.25) is 0 Å². The smallest absolute Gasteiger partial charge is 0.147 e. The van der Waals surface area contributed by atoms with Gasteiger partial charge >= 0.3 is 128 Å². The third-order valence-electron chi connectivity index (χ3n) is 5.26. The number of rotatable bonds is 4. The van der Waals surface area contributed by atoms with Gasteiger partial charge in [-0.3, -0.25) is 0 Å². The molecule has 0 fully saturated rings. The van der Waals surface area contributed by atoms with Crippen molar-refractivity contribution >= 4 is 32.4 Å². The number of hydrogen-bond donors (Lipinski definition) is 0. The summed E-state index contributed by atoms with van der Waals surface area (Å²) in [5.41, 5.74) is 3.27. The molecule has 2 unspecified atom stereocenters. The molecular weight excluding hydrogens is 363 g/mol. The summed E-state index contributed by atoms with van der Waals surface area (Å²) in [4.78, 5) is 0. The average molecular weight is 395 g/mol. The Kier molecular flexibility index (Phi) is 7.73. The topological polar surface area (TPSA) is 0 Å². The molecular formula is C18H32Cl2SiTi. The minimum Gasteiger partial charge on any atom is -0.147 e. The summed E-state index contributed by atoms with van der Waals surface area (Å²) in [5, 5.41) is 5.30. The molecule has 126 valence electrons. The summed E-state index contributed by atoms with van der Waals surface area (Å²) in [6.45, 7) is 9.43. The molecule has 0 saturated heterocycles. The molecule has 2 aliphatic carbocycles. The molecule has 0 amide bonds. The molecule has 0 saturated carbocycles. The van der Waals surface area contributed by atoms with Gasteiger partial charge in [-0.15, -0.1) is 24.8 Å². The summed E-state index contributed by atoms with van der Waals surface area (Å²) in [7, 11) is 2.38. The van der Waals surface area contributed by atoms with E-state index in [1.165, 1.54) is 12.8 Å². The van der Waals surface area contributed by atoms with Gasteiger partial charge in [-0.1, -0.05) is 0 Å². The van der Waals surface area contributed by atoms with Gasteiger partial charge in [-0.2, -0.15) is 0 Å². The summed E-state index contributed by atoms with van der Waals surface area (Å²) in [5.74, 6) is 1.29. The Labute approximate surface area is 151 Å². The van der Waals surface area contributed by atoms with Crippen LogP contribution >= 0.6 is 24.8 Å². The van der Waals surface area contributed by atoms with E-state index in [1.54, 1.807) is 11.1 Å². The molecule has 0 aromatic heterocycles. The van der Waals surface area contributed by atoms with Crippen LogP contribution in [-0.4, -0.2) is 7.63 Å². The Morgan fingerprint density at radius 3 is 1.45 bits per heavy atom. The average Bonchev–Trinajstić information content (AvgIpc) is 2.92. The summed E-state index contributed by atoms with van der Waals surface area (Å²) in [6.07, 6.45) is 12.0. The molecule has 0 radical (unpaired) electrons. The van der Waals surface area contributed by atoms with Crippen molar-refractivity contribution in [1.82, 2.24) is 0 Å². The van der Waals surface area contributed by atoms with Crippen molar-refractivity contribution < 1.29 is 14.0 Å². The maximum atomic E-state index is 2.65. The first kappa shape index (κ1) is 22.5. The molecule has 0 heterocycles. The first-order valence-corrected chi connectivity index (χ1v) is 16.8. The minimum absolute atomic E-state index is 0. The van der Waals surface area contributed by atoms with E-state index in [9.17, 15) is 0 Å². The quantitative estimate of drug-likeness (QED) is 0.520. The van der Waals surface area contributed by atoms with Crippen LogP contribution in [0.15, 0.2) is 43.2 Å². The Morgan fingerprint density at radius 2 is 1.18 bits per heavy atom. The zero-order valence-electron chi connectivity index (χ0n) is 14.9. The van der Waals surface area contributed by atoms with Crippen molar-refractivity contribution in [2.45, 2.75) is 51.0 Å². The van der Waals surface area contributed by atoms with Gasteiger partial charge in [0.25, 0.3) is 0 Å². The maximum absolute atomic E-state index is 2.76. The SMILES string of the molecule is CCC1=[C]([Ti]([CH3])([CH3])(=[SiH2])[C]2=C(CC)C=CC2C)C(C)C=C1.Cl.Cl. The van der Waals surface area contributed by atoms with E-state index in [-0.39, 0.29) is 24.8 Å². The number of hydrogen-bond acceptors (Lipinski definition) is 0. The van der Waals surface area contributed by atoms with Crippen molar-refractivity contribution in [1.29, 1.82) is 0 Å². The largest absolute Gasteiger partial charge is 0.147 e. The predicted octanol–water partition coefficient (Wildman–Crippen LogP) is 5.90. The Balaban J connectivity index is 0.00000220. The fourth-order valence-electron chi connectivity index (χ4n) is 4.73. The van der Waals surface area contributed by atoms with Gasteiger partial charge in [0.15, 0.2) is 0 Å². The summed E-state index contributed by atoms with van der Waals surface area (Å²) >= 11 is -2.76. The zero-order valence-corrected chi connectivity index (χ0v) is 19.5. The number of allylic oxidation sites excluding steroid dienone is 8. The molecule has 2 atom stereocenters. The molecule has 0 bridgehead atoms. The van der Waals surface area contributed by atoms with Crippen LogP contribution in [0.25, 0.3) is 0 Å². The van der Waals surface area contributed by atoms with E-state index in [0.717, 1.165) is 0 Å². The fraction of sp³-hybridized carbons (Fsp3) is 0.556. The van der Waals surface area contributed by atoms with Crippen molar-refractivity contribution in [2.24, 2.45) is 11.8 Å². The van der Waals surface area contributed by atoms with Crippen LogP contribution in [0.5, 0.6) is 0 Å². The fourth-order valence-corrected chi connectivity index (χ4v) is 18.6. The van der Waals surface area contributed by atoms with Gasteiger partial charge in [0, 0.05) is 0 Å². The second-order valence-corrected chi connectivity index (χ2v) is 26.4. The van der Waals surface area contributed by atoms with Gasteiger partial charge in [0.1, 0.15) is 0 Å². The minimum atomic E-state index is -2.76. The Morgan fingerprint density at radius 1 is 0.864 bits per heavy atom. The van der Waals surface area contributed by atoms with E-state index in [4.69, 9.17) is 0 Å². The third-order valence-corrected chi connectivity index (χ3v) is 16.2. The van der Waals surface area contributed by atoms with Crippen LogP contribution in [0, 0.1) is 11.8 Å². The zero-order chi connectivity index (χ0) is 15.2. The first-order chi connectivity index (χ1) is 9.21. The molecule has 22 heavy (non-hydrogen) atoms. The van der Waals surface area contributed by atoms with Gasteiger partial charge in [-0.05, 0) is 0 Å². The molecule has 0 aliphatic heterocycles. The molecule has 2 rings (SSSR count). The molecule has 0 N–H and O–H groups in total. The monoisotopic (exact) mass is 394 g/mol. The predicted molar refractivity (Wildman–Crippen MR) is 106 cm³/mol. The molecule has 2 aliphatic rings. The van der Waals surface area contributed by atoms with Crippen LogP contribution in [0.2, 0.25) is 10.5 Å². The van der Waals surface area contributed by atoms with Crippen molar-refractivity contribution in [3.63, 3.8) is 0 Å². The van der Waals surface area contributed by atoms with Gasteiger partial charge in [-0.25, -0.2) is 0 Å². The van der Waals surface area contributed by atoms with E-state index >= 15 is 0 Å².